The fourth-order valence-electron chi connectivity index (χ4n) is 0.192. The van der Waals surface area contributed by atoms with Gasteiger partial charge < -0.3 is 5.84 Å². The van der Waals surface area contributed by atoms with E-state index >= 15 is 0 Å². The van der Waals surface area contributed by atoms with Gasteiger partial charge in [0.2, 0.25) is 0 Å². The SMILES string of the molecule is Nn1[c]cnn1. The minimum atomic E-state index is 1.01. The highest BCUT2D eigenvalue weighted by Gasteiger charge is 1.73. The van der Waals surface area contributed by atoms with Crippen LogP contribution in [0, 0.1) is 6.20 Å². The van der Waals surface area contributed by atoms with Gasteiger partial charge in [0.05, 0.1) is 6.20 Å². The summed E-state index contributed by atoms with van der Waals surface area (Å²) in [6, 6.07) is 0. The average molecular weight is 83.1 g/mol. The van der Waals surface area contributed by atoms with Gasteiger partial charge in [-0.2, -0.15) is 4.79 Å². The molecule has 0 spiro atoms. The second kappa shape index (κ2) is 0.965. The number of rotatable bonds is 0. The predicted molar refractivity (Wildman–Crippen MR) is 19.0 cm³/mol. The third-order valence-electron chi connectivity index (χ3n) is 0.396. The molecule has 1 radical (unpaired) electrons. The van der Waals surface area contributed by atoms with Gasteiger partial charge in [0, 0.05) is 0 Å². The van der Waals surface area contributed by atoms with E-state index in [1.807, 2.05) is 0 Å². The first-order valence-electron chi connectivity index (χ1n) is 1.43. The average Bonchev–Trinajstić information content (AvgIpc) is 1.86. The first kappa shape index (κ1) is 3.14. The summed E-state index contributed by atoms with van der Waals surface area (Å²) in [6.07, 6.45) is 3.86. The smallest absolute Gasteiger partial charge is 0.134 e. The molecule has 0 saturated heterocycles. The Balaban J connectivity index is 3.05. The van der Waals surface area contributed by atoms with E-state index in [-0.39, 0.29) is 0 Å². The fraction of sp³-hybridized carbons (Fsp3) is 0. The highest BCUT2D eigenvalue weighted by Crippen LogP contribution is 1.60. The highest BCUT2D eigenvalue weighted by molar-refractivity contribution is 4.57. The van der Waals surface area contributed by atoms with E-state index < -0.39 is 0 Å². The van der Waals surface area contributed by atoms with Gasteiger partial charge in [-0.3, -0.25) is 0 Å². The maximum Gasteiger partial charge on any atom is 0.134 e. The minimum Gasteiger partial charge on any atom is -0.321 e. The van der Waals surface area contributed by atoms with E-state index in [1.165, 1.54) is 6.20 Å². The molecule has 0 bridgehead atoms. The lowest BCUT2D eigenvalue weighted by Crippen LogP contribution is -2.08. The van der Waals surface area contributed by atoms with Crippen molar-refractivity contribution in [2.75, 3.05) is 5.84 Å². The normalized spacial score (nSPS) is 8.67. The van der Waals surface area contributed by atoms with E-state index in [0.29, 0.717) is 0 Å². The van der Waals surface area contributed by atoms with Crippen molar-refractivity contribution in [3.63, 3.8) is 0 Å². The summed E-state index contributed by atoms with van der Waals surface area (Å²) in [7, 11) is 0. The van der Waals surface area contributed by atoms with Crippen molar-refractivity contribution in [3.8, 4) is 0 Å². The second-order valence-corrected chi connectivity index (χ2v) is 0.808. The van der Waals surface area contributed by atoms with Crippen LogP contribution in [0.5, 0.6) is 0 Å². The Labute approximate surface area is 34.5 Å². The van der Waals surface area contributed by atoms with Crippen LogP contribution in [0.15, 0.2) is 6.20 Å². The molecule has 0 aromatic carbocycles. The molecule has 6 heavy (non-hydrogen) atoms. The Hall–Kier alpha value is -1.06. The number of nitrogens with two attached hydrogens (primary N) is 1. The molecule has 0 aliphatic heterocycles. The zero-order valence-corrected chi connectivity index (χ0v) is 3.00. The highest BCUT2D eigenvalue weighted by atomic mass is 15.5. The molecular weight excluding hydrogens is 80.1 g/mol. The molecule has 1 heterocycles. The van der Waals surface area contributed by atoms with Crippen molar-refractivity contribution < 1.29 is 0 Å². The third kappa shape index (κ3) is 0.314. The van der Waals surface area contributed by atoms with Crippen LogP contribution in [-0.4, -0.2) is 15.1 Å². The molecule has 0 aliphatic rings. The zero-order valence-electron chi connectivity index (χ0n) is 3.00. The number of hydrogen-bond acceptors (Lipinski definition) is 3. The Kier molecular flexibility index (Phi) is 0.506. The molecule has 0 unspecified atom stereocenters. The number of hydrogen-bond donors (Lipinski definition) is 1. The van der Waals surface area contributed by atoms with E-state index in [2.05, 4.69) is 16.5 Å². The van der Waals surface area contributed by atoms with E-state index in [0.717, 1.165) is 4.79 Å². The van der Waals surface area contributed by atoms with Crippen LogP contribution in [0.1, 0.15) is 0 Å². The molecular formula is C2H3N4. The standard InChI is InChI=1S/C2H3N4/c3-6-2-1-4-5-6/h1H,3H2. The lowest BCUT2D eigenvalue weighted by molar-refractivity contribution is 0.761. The third-order valence-corrected chi connectivity index (χ3v) is 0.396. The van der Waals surface area contributed by atoms with Crippen molar-refractivity contribution in [2.24, 2.45) is 0 Å². The lowest BCUT2D eigenvalue weighted by atomic mass is 11.0. The molecule has 1 rings (SSSR count). The summed E-state index contributed by atoms with van der Waals surface area (Å²) in [5.74, 6) is 4.97. The van der Waals surface area contributed by atoms with Crippen molar-refractivity contribution in [2.45, 2.75) is 0 Å². The molecule has 0 aliphatic carbocycles. The molecule has 0 fully saturated rings. The van der Waals surface area contributed by atoms with E-state index in [1.54, 1.807) is 0 Å². The summed E-state index contributed by atoms with van der Waals surface area (Å²) >= 11 is 0. The molecule has 2 N–H and O–H groups in total. The molecule has 31 valence electrons. The van der Waals surface area contributed by atoms with Gasteiger partial charge in [0.15, 0.2) is 0 Å². The summed E-state index contributed by atoms with van der Waals surface area (Å²) in [5, 5.41) is 6.66. The Morgan fingerprint density at radius 1 is 1.83 bits per heavy atom. The first-order valence-corrected chi connectivity index (χ1v) is 1.43. The Bertz CT molecular complexity index is 109. The lowest BCUT2D eigenvalue weighted by Gasteiger charge is -1.74. The minimum absolute atomic E-state index is 1.01. The zero-order chi connectivity index (χ0) is 4.41. The second-order valence-electron chi connectivity index (χ2n) is 0.808. The number of aromatic nitrogens is 3. The van der Waals surface area contributed by atoms with Crippen LogP contribution in [0.4, 0.5) is 0 Å². The molecule has 1 aromatic heterocycles. The van der Waals surface area contributed by atoms with Gasteiger partial charge in [0.1, 0.15) is 6.20 Å². The van der Waals surface area contributed by atoms with Gasteiger partial charge in [0.25, 0.3) is 0 Å². The Morgan fingerprint density at radius 3 is 2.83 bits per heavy atom. The number of nitrogens with zero attached hydrogens (tertiary/aromatic N) is 3. The van der Waals surface area contributed by atoms with Gasteiger partial charge >= 0.3 is 0 Å². The number of nitrogen functional groups attached to an aromatic ring is 1. The van der Waals surface area contributed by atoms with Crippen LogP contribution in [0.25, 0.3) is 0 Å². The summed E-state index contributed by atoms with van der Waals surface area (Å²) < 4.78 is 0. The van der Waals surface area contributed by atoms with Crippen molar-refractivity contribution in [3.05, 3.63) is 12.4 Å². The van der Waals surface area contributed by atoms with Crippen LogP contribution < -0.4 is 5.84 Å². The molecule has 0 atom stereocenters. The van der Waals surface area contributed by atoms with Gasteiger partial charge in [-0.05, 0) is 5.21 Å². The van der Waals surface area contributed by atoms with E-state index in [9.17, 15) is 0 Å². The quantitative estimate of drug-likeness (QED) is 0.400. The monoisotopic (exact) mass is 83.0 g/mol. The van der Waals surface area contributed by atoms with Crippen LogP contribution in [0.3, 0.4) is 0 Å². The molecule has 4 heteroatoms. The topological polar surface area (TPSA) is 56.7 Å². The maximum atomic E-state index is 4.97. The predicted octanol–water partition coefficient (Wildman–Crippen LogP) is -1.21. The maximum absolute atomic E-state index is 4.97. The summed E-state index contributed by atoms with van der Waals surface area (Å²) in [5.41, 5.74) is 0. The van der Waals surface area contributed by atoms with Crippen LogP contribution >= 0.6 is 0 Å². The first-order chi connectivity index (χ1) is 2.89. The summed E-state index contributed by atoms with van der Waals surface area (Å²) in [6.45, 7) is 0. The fourth-order valence-corrected chi connectivity index (χ4v) is 0.192. The van der Waals surface area contributed by atoms with E-state index in [4.69, 9.17) is 5.84 Å². The van der Waals surface area contributed by atoms with Crippen molar-refractivity contribution in [1.82, 2.24) is 15.1 Å². The van der Waals surface area contributed by atoms with Gasteiger partial charge in [-0.15, -0.1) is 5.10 Å². The molecule has 0 amide bonds. The van der Waals surface area contributed by atoms with Crippen molar-refractivity contribution >= 4 is 0 Å². The molecule has 4 nitrogen and oxygen atoms in total. The van der Waals surface area contributed by atoms with Crippen LogP contribution in [-0.2, 0) is 0 Å². The largest absolute Gasteiger partial charge is 0.321 e. The van der Waals surface area contributed by atoms with Crippen LogP contribution in [0.2, 0.25) is 0 Å². The van der Waals surface area contributed by atoms with Gasteiger partial charge in [-0.25, -0.2) is 0 Å². The van der Waals surface area contributed by atoms with Gasteiger partial charge in [-0.1, -0.05) is 0 Å². The Morgan fingerprint density at radius 2 is 2.67 bits per heavy atom. The summed E-state index contributed by atoms with van der Waals surface area (Å²) in [4.78, 5) is 1.01. The van der Waals surface area contributed by atoms with Crippen molar-refractivity contribution in [1.29, 1.82) is 0 Å². The molecule has 0 saturated carbocycles. The molecule has 1 aromatic rings.